The lowest BCUT2D eigenvalue weighted by Gasteiger charge is -2.14. The van der Waals surface area contributed by atoms with Gasteiger partial charge in [0, 0.05) is 30.8 Å². The molecule has 6 nitrogen and oxygen atoms in total. The molecule has 2 N–H and O–H groups in total. The molecule has 3 rings (SSSR count). The van der Waals surface area contributed by atoms with Gasteiger partial charge in [-0.25, -0.2) is 0 Å². The number of carbonyl (C=O) groups is 1. The molecule has 0 saturated carbocycles. The van der Waals surface area contributed by atoms with Crippen LogP contribution in [0.25, 0.3) is 0 Å². The molecular formula is C19H21N3O3. The predicted octanol–water partition coefficient (Wildman–Crippen LogP) is 2.92. The highest BCUT2D eigenvalue weighted by atomic mass is 16.5. The van der Waals surface area contributed by atoms with E-state index < -0.39 is 0 Å². The Bertz CT molecular complexity index is 800. The van der Waals surface area contributed by atoms with E-state index in [2.05, 4.69) is 10.4 Å². The van der Waals surface area contributed by atoms with Gasteiger partial charge in [0.2, 0.25) is 0 Å². The first-order valence-corrected chi connectivity index (χ1v) is 8.12. The number of anilines is 1. The Kier molecular flexibility index (Phi) is 4.88. The van der Waals surface area contributed by atoms with Gasteiger partial charge in [0.25, 0.3) is 5.91 Å². The molecule has 0 fully saturated rings. The summed E-state index contributed by atoms with van der Waals surface area (Å²) < 4.78 is 5.00. The lowest BCUT2D eigenvalue weighted by molar-refractivity contribution is 0.0951. The van der Waals surface area contributed by atoms with E-state index >= 15 is 0 Å². The molecule has 0 bridgehead atoms. The topological polar surface area (TPSA) is 74.2 Å². The van der Waals surface area contributed by atoms with Crippen molar-refractivity contribution in [1.29, 1.82) is 0 Å². The molecule has 0 saturated heterocycles. The predicted molar refractivity (Wildman–Crippen MR) is 97.3 cm³/mol. The van der Waals surface area contributed by atoms with Crippen LogP contribution < -0.4 is 15.1 Å². The number of phenols is 1. The van der Waals surface area contributed by atoms with Gasteiger partial charge in [0.1, 0.15) is 0 Å². The maximum atomic E-state index is 12.3. The van der Waals surface area contributed by atoms with Crippen molar-refractivity contribution in [1.82, 2.24) is 5.32 Å². The number of carbonyl (C=O) groups excluding carboxylic acids is 1. The van der Waals surface area contributed by atoms with E-state index in [0.29, 0.717) is 17.9 Å². The summed E-state index contributed by atoms with van der Waals surface area (Å²) in [4.78, 5) is 12.3. The Morgan fingerprint density at radius 3 is 2.64 bits per heavy atom. The fraction of sp³-hybridized carbons (Fsp3) is 0.263. The van der Waals surface area contributed by atoms with Gasteiger partial charge in [-0.1, -0.05) is 6.07 Å². The van der Waals surface area contributed by atoms with Crippen molar-refractivity contribution in [3.8, 4) is 11.5 Å². The molecule has 0 aliphatic carbocycles. The van der Waals surface area contributed by atoms with Crippen LogP contribution >= 0.6 is 0 Å². The van der Waals surface area contributed by atoms with Crippen molar-refractivity contribution in [2.24, 2.45) is 5.10 Å². The molecule has 2 aromatic carbocycles. The first-order valence-electron chi connectivity index (χ1n) is 8.12. The third-order valence-corrected chi connectivity index (χ3v) is 4.10. The third-order valence-electron chi connectivity index (χ3n) is 4.10. The van der Waals surface area contributed by atoms with E-state index in [0.717, 1.165) is 29.9 Å². The average Bonchev–Trinajstić information content (AvgIpc) is 3.06. The second kappa shape index (κ2) is 7.25. The number of benzene rings is 2. The number of methoxy groups -OCH3 is 1. The lowest BCUT2D eigenvalue weighted by atomic mass is 10.1. The van der Waals surface area contributed by atoms with Crippen molar-refractivity contribution < 1.29 is 14.6 Å². The van der Waals surface area contributed by atoms with Gasteiger partial charge in [-0.05, 0) is 48.9 Å². The zero-order chi connectivity index (χ0) is 17.8. The summed E-state index contributed by atoms with van der Waals surface area (Å²) in [6.45, 7) is 3.21. The van der Waals surface area contributed by atoms with Crippen LogP contribution in [0.4, 0.5) is 5.69 Å². The number of nitrogens with one attached hydrogen (secondary N) is 1. The molecule has 1 heterocycles. The number of phenolic OH excluding ortho intramolecular Hbond substituents is 1. The van der Waals surface area contributed by atoms with Crippen molar-refractivity contribution in [2.75, 3.05) is 18.7 Å². The van der Waals surface area contributed by atoms with Crippen LogP contribution in [0, 0.1) is 0 Å². The van der Waals surface area contributed by atoms with E-state index in [9.17, 15) is 9.90 Å². The number of hydrogen-bond donors (Lipinski definition) is 2. The number of hydrazone groups is 1. The first kappa shape index (κ1) is 16.8. The van der Waals surface area contributed by atoms with Crippen molar-refractivity contribution >= 4 is 17.3 Å². The summed E-state index contributed by atoms with van der Waals surface area (Å²) in [5.41, 5.74) is 3.48. The molecule has 0 radical (unpaired) electrons. The van der Waals surface area contributed by atoms with E-state index in [1.54, 1.807) is 30.3 Å². The summed E-state index contributed by atoms with van der Waals surface area (Å²) in [7, 11) is 1.49. The van der Waals surface area contributed by atoms with Crippen LogP contribution in [0.15, 0.2) is 47.6 Å². The van der Waals surface area contributed by atoms with E-state index in [4.69, 9.17) is 4.74 Å². The Balaban J connectivity index is 1.60. The monoisotopic (exact) mass is 339 g/mol. The van der Waals surface area contributed by atoms with Gasteiger partial charge in [0.05, 0.1) is 12.8 Å². The number of aromatic hydroxyl groups is 1. The highest BCUT2D eigenvalue weighted by Crippen LogP contribution is 2.26. The first-order chi connectivity index (χ1) is 12.1. The normalized spacial score (nSPS) is 13.5. The fourth-order valence-electron chi connectivity index (χ4n) is 2.68. The van der Waals surface area contributed by atoms with Gasteiger partial charge < -0.3 is 15.2 Å². The molecule has 6 heteroatoms. The van der Waals surface area contributed by atoms with Crippen LogP contribution in [0.2, 0.25) is 0 Å². The number of rotatable bonds is 5. The molecule has 25 heavy (non-hydrogen) atoms. The van der Waals surface area contributed by atoms with Gasteiger partial charge in [-0.15, -0.1) is 0 Å². The number of amides is 1. The summed E-state index contributed by atoms with van der Waals surface area (Å²) >= 11 is 0. The van der Waals surface area contributed by atoms with Gasteiger partial charge in [-0.3, -0.25) is 9.80 Å². The molecular weight excluding hydrogens is 318 g/mol. The summed E-state index contributed by atoms with van der Waals surface area (Å²) in [6, 6.07) is 12.4. The summed E-state index contributed by atoms with van der Waals surface area (Å²) in [6.07, 6.45) is 0.969. The Morgan fingerprint density at radius 1 is 1.28 bits per heavy atom. The van der Waals surface area contributed by atoms with Gasteiger partial charge >= 0.3 is 0 Å². The highest BCUT2D eigenvalue weighted by Gasteiger charge is 2.13. The van der Waals surface area contributed by atoms with Crippen molar-refractivity contribution in [3.05, 3.63) is 53.6 Å². The van der Waals surface area contributed by atoms with Gasteiger partial charge in [-0.2, -0.15) is 5.10 Å². The largest absolute Gasteiger partial charge is 0.504 e. The van der Waals surface area contributed by atoms with Crippen LogP contribution in [-0.4, -0.2) is 30.4 Å². The van der Waals surface area contributed by atoms with Crippen LogP contribution in [0.3, 0.4) is 0 Å². The minimum absolute atomic E-state index is 0.0556. The maximum absolute atomic E-state index is 12.3. The molecule has 1 aliphatic heterocycles. The highest BCUT2D eigenvalue weighted by molar-refractivity contribution is 5.94. The summed E-state index contributed by atoms with van der Waals surface area (Å²) in [5.74, 6) is 0.300. The third kappa shape index (κ3) is 3.91. The molecule has 0 unspecified atom stereocenters. The SMILES string of the molecule is COc1ccc(CNC(=O)c2ccc(N3CCC(C)=N3)cc2)cc1O. The second-order valence-electron chi connectivity index (χ2n) is 5.94. The molecule has 130 valence electrons. The Morgan fingerprint density at radius 2 is 2.04 bits per heavy atom. The Hall–Kier alpha value is -3.02. The fourth-order valence-corrected chi connectivity index (χ4v) is 2.68. The smallest absolute Gasteiger partial charge is 0.251 e. The lowest BCUT2D eigenvalue weighted by Crippen LogP contribution is -2.22. The van der Waals surface area contributed by atoms with E-state index in [-0.39, 0.29) is 11.7 Å². The molecule has 2 aromatic rings. The zero-order valence-corrected chi connectivity index (χ0v) is 14.3. The number of hydrogen-bond acceptors (Lipinski definition) is 5. The van der Waals surface area contributed by atoms with Crippen LogP contribution in [0.5, 0.6) is 11.5 Å². The second-order valence-corrected chi connectivity index (χ2v) is 5.94. The van der Waals surface area contributed by atoms with Crippen molar-refractivity contribution in [2.45, 2.75) is 19.9 Å². The Labute approximate surface area is 146 Å². The molecule has 0 spiro atoms. The molecule has 1 amide bonds. The van der Waals surface area contributed by atoms with E-state index in [1.165, 1.54) is 7.11 Å². The minimum atomic E-state index is -0.164. The molecule has 1 aliphatic rings. The number of nitrogens with zero attached hydrogens (tertiary/aromatic N) is 2. The molecule has 0 atom stereocenters. The quantitative estimate of drug-likeness (QED) is 0.878. The maximum Gasteiger partial charge on any atom is 0.251 e. The molecule has 0 aromatic heterocycles. The minimum Gasteiger partial charge on any atom is -0.504 e. The average molecular weight is 339 g/mol. The van der Waals surface area contributed by atoms with Crippen LogP contribution in [0.1, 0.15) is 29.3 Å². The number of ether oxygens (including phenoxy) is 1. The van der Waals surface area contributed by atoms with Crippen molar-refractivity contribution in [3.63, 3.8) is 0 Å². The zero-order valence-electron chi connectivity index (χ0n) is 14.3. The van der Waals surface area contributed by atoms with Gasteiger partial charge in [0.15, 0.2) is 11.5 Å². The van der Waals surface area contributed by atoms with E-state index in [1.807, 2.05) is 24.1 Å². The van der Waals surface area contributed by atoms with Crippen LogP contribution in [-0.2, 0) is 6.54 Å². The summed E-state index contributed by atoms with van der Waals surface area (Å²) in [5, 5.41) is 19.0. The standard InChI is InChI=1S/C19H21N3O3/c1-13-9-10-22(21-13)16-6-4-15(5-7-16)19(24)20-12-14-3-8-18(25-2)17(23)11-14/h3-8,11,23H,9-10,12H2,1-2H3,(H,20,24).